The number of benzene rings is 12. The Morgan fingerprint density at radius 2 is 0.750 bits per heavy atom. The lowest BCUT2D eigenvalue weighted by Gasteiger charge is -2.45. The van der Waals surface area contributed by atoms with Crippen LogP contribution in [0.15, 0.2) is 273 Å². The number of anilines is 6. The molecule has 12 aromatic carbocycles. The molecule has 16 rings (SSSR count). The van der Waals surface area contributed by atoms with Crippen LogP contribution in [-0.4, -0.2) is 26.2 Å². The largest absolute Gasteiger partial charge is 0.311 e. The van der Waals surface area contributed by atoms with Crippen molar-refractivity contribution in [2.75, 3.05) is 9.80 Å². The smallest absolute Gasteiger partial charge is 0.252 e. The lowest BCUT2D eigenvalue weighted by Crippen LogP contribution is -2.61. The van der Waals surface area contributed by atoms with Gasteiger partial charge in [0.25, 0.3) is 6.71 Å². The summed E-state index contributed by atoms with van der Waals surface area (Å²) in [5.41, 5.74) is 26.7. The van der Waals surface area contributed by atoms with Crippen molar-refractivity contribution >= 4 is 79.0 Å². The molecule has 0 unspecified atom stereocenters. The van der Waals surface area contributed by atoms with Gasteiger partial charge < -0.3 is 14.4 Å². The minimum atomic E-state index is -0.167. The highest BCUT2D eigenvalue weighted by Gasteiger charge is 2.44. The fraction of sp³-hybridized carbons (Fsp3) is 0.136. The normalized spacial score (nSPS) is 12.8. The molecule has 0 aliphatic carbocycles. The van der Waals surface area contributed by atoms with Gasteiger partial charge in [-0.2, -0.15) is 5.26 Å². The van der Waals surface area contributed by atoms with Crippen LogP contribution < -0.4 is 26.2 Å². The molecule has 7 nitrogen and oxygen atoms in total. The quantitative estimate of drug-likeness (QED) is 0.134. The minimum absolute atomic E-state index is 0.0900. The van der Waals surface area contributed by atoms with Crippen LogP contribution in [0.4, 0.5) is 34.1 Å². The zero-order valence-corrected chi connectivity index (χ0v) is 55.7. The minimum Gasteiger partial charge on any atom is -0.311 e. The predicted octanol–water partition coefficient (Wildman–Crippen LogP) is 20.8. The summed E-state index contributed by atoms with van der Waals surface area (Å²) in [6.07, 6.45) is 0. The molecule has 14 aromatic rings. The van der Waals surface area contributed by atoms with Gasteiger partial charge in [-0.1, -0.05) is 250 Å². The Morgan fingerprint density at radius 3 is 1.22 bits per heavy atom. The summed E-state index contributed by atoms with van der Waals surface area (Å²) in [6.45, 7) is 20.6. The molecule has 2 aliphatic heterocycles. The topological polar surface area (TPSA) is 73.9 Å². The van der Waals surface area contributed by atoms with E-state index >= 15 is 0 Å². The van der Waals surface area contributed by atoms with E-state index in [0.717, 1.165) is 78.1 Å². The van der Waals surface area contributed by atoms with E-state index in [2.05, 4.69) is 283 Å². The van der Waals surface area contributed by atoms with Crippen molar-refractivity contribution in [3.8, 4) is 79.3 Å². The molecule has 0 N–H and O–H groups in total. The number of aromatic nitrogens is 4. The molecule has 2 aliphatic rings. The Morgan fingerprint density at radius 1 is 0.323 bits per heavy atom. The third kappa shape index (κ3) is 10.4. The first-order valence-electron chi connectivity index (χ1n) is 33.3. The van der Waals surface area contributed by atoms with Crippen molar-refractivity contribution < 1.29 is 0 Å². The molecule has 0 fully saturated rings. The monoisotopic (exact) mass is 1240 g/mol. The average molecular weight is 1240 g/mol. The maximum Gasteiger partial charge on any atom is 0.252 e. The summed E-state index contributed by atoms with van der Waals surface area (Å²) in [7, 11) is 0. The lowest BCUT2D eigenvalue weighted by molar-refractivity contribution is 0.590. The van der Waals surface area contributed by atoms with Crippen LogP contribution in [-0.2, 0) is 16.2 Å². The lowest BCUT2D eigenvalue weighted by atomic mass is 9.33. The second-order valence-corrected chi connectivity index (χ2v) is 28.8. The van der Waals surface area contributed by atoms with Gasteiger partial charge in [-0.15, -0.1) is 0 Å². The number of hydrogen-bond acceptors (Lipinski definition) is 6. The maximum atomic E-state index is 10.7. The summed E-state index contributed by atoms with van der Waals surface area (Å²) < 4.78 is 2.37. The van der Waals surface area contributed by atoms with Gasteiger partial charge in [0.2, 0.25) is 0 Å². The molecule has 96 heavy (non-hydrogen) atoms. The summed E-state index contributed by atoms with van der Waals surface area (Å²) in [5.74, 6) is 1.57. The third-order valence-corrected chi connectivity index (χ3v) is 19.5. The third-order valence-electron chi connectivity index (χ3n) is 19.5. The van der Waals surface area contributed by atoms with Gasteiger partial charge in [0, 0.05) is 61.6 Å². The van der Waals surface area contributed by atoms with Gasteiger partial charge in [-0.05, 0) is 168 Å². The van der Waals surface area contributed by atoms with Crippen LogP contribution in [0.1, 0.15) is 84.6 Å². The summed E-state index contributed by atoms with van der Waals surface area (Å²) in [4.78, 5) is 20.8. The van der Waals surface area contributed by atoms with Crippen LogP contribution >= 0.6 is 0 Å². The van der Waals surface area contributed by atoms with Gasteiger partial charge in [-0.3, -0.25) is 0 Å². The highest BCUT2D eigenvalue weighted by atomic mass is 15.2. The Bertz CT molecular complexity index is 5170. The van der Waals surface area contributed by atoms with Crippen molar-refractivity contribution in [2.45, 2.75) is 78.6 Å². The van der Waals surface area contributed by atoms with Crippen LogP contribution in [0.2, 0.25) is 0 Å². The molecular formula is C88H72BN7. The first kappa shape index (κ1) is 59.6. The molecule has 2 aromatic heterocycles. The molecule has 8 heteroatoms. The Kier molecular flexibility index (Phi) is 14.3. The van der Waals surface area contributed by atoms with Gasteiger partial charge in [0.15, 0.2) is 17.5 Å². The van der Waals surface area contributed by atoms with Gasteiger partial charge in [-0.25, -0.2) is 15.0 Å². The van der Waals surface area contributed by atoms with E-state index in [0.29, 0.717) is 23.0 Å². The summed E-state index contributed by atoms with van der Waals surface area (Å²) >= 11 is 0. The van der Waals surface area contributed by atoms with Crippen molar-refractivity contribution in [3.05, 3.63) is 295 Å². The number of fused-ring (bicyclic) bond motifs is 7. The maximum absolute atomic E-state index is 10.7. The van der Waals surface area contributed by atoms with Crippen molar-refractivity contribution in [2.24, 2.45) is 0 Å². The van der Waals surface area contributed by atoms with Crippen LogP contribution in [0.5, 0.6) is 0 Å². The second-order valence-electron chi connectivity index (χ2n) is 28.8. The van der Waals surface area contributed by atoms with Crippen LogP contribution in [0.25, 0.3) is 95.0 Å². The highest BCUT2D eigenvalue weighted by molar-refractivity contribution is 7.00. The van der Waals surface area contributed by atoms with E-state index in [1.807, 2.05) is 72.8 Å². The molecule has 0 amide bonds. The molecule has 0 spiro atoms. The molecule has 0 bridgehead atoms. The van der Waals surface area contributed by atoms with E-state index in [1.54, 1.807) is 0 Å². The fourth-order valence-corrected chi connectivity index (χ4v) is 14.3. The summed E-state index contributed by atoms with van der Waals surface area (Å²) in [6, 6.07) is 102. The van der Waals surface area contributed by atoms with Crippen LogP contribution in [0, 0.1) is 11.3 Å². The van der Waals surface area contributed by atoms with Crippen molar-refractivity contribution in [3.63, 3.8) is 0 Å². The molecule has 0 saturated heterocycles. The van der Waals surface area contributed by atoms with E-state index in [4.69, 9.17) is 15.0 Å². The summed E-state index contributed by atoms with van der Waals surface area (Å²) in [5, 5.41) is 12.9. The van der Waals surface area contributed by atoms with Crippen molar-refractivity contribution in [1.29, 1.82) is 5.26 Å². The van der Waals surface area contributed by atoms with E-state index in [-0.39, 0.29) is 23.0 Å². The molecule has 0 saturated carbocycles. The molecule has 0 atom stereocenters. The van der Waals surface area contributed by atoms with Gasteiger partial charge >= 0.3 is 0 Å². The Hall–Kier alpha value is -11.4. The SMILES string of the molecule is CC(C)(C)c1ccc2c(c1)N(c1ccc(-c3ccccc3)cc1)c1cc(-c3ccc4c(c3)c3ccc(C(C)(C)C)cc3n4-c3ccc(C#N)cc3-c3nc(-c4ccccc4)nc(-c4ccccc4)n3)cc3c1B2c1ccc(C(C)(C)C)cc1N3c1ccc(-c2ccccc2)cc1. The second kappa shape index (κ2) is 23.0. The van der Waals surface area contributed by atoms with Gasteiger partial charge in [0.05, 0.1) is 28.4 Å². The Balaban J connectivity index is 0.966. The predicted molar refractivity (Wildman–Crippen MR) is 402 cm³/mol. The zero-order chi connectivity index (χ0) is 65.8. The molecule has 0 radical (unpaired) electrons. The van der Waals surface area contributed by atoms with Crippen molar-refractivity contribution in [1.82, 2.24) is 19.5 Å². The zero-order valence-electron chi connectivity index (χ0n) is 55.7. The standard InChI is InChI=1S/C88H72BN7/c1-86(2,3)65-36-43-70-71-49-63(35-47-75(71)96(77(70)52-65)76-46-30-56(55-90)48-72(76)85-92-83(61-26-18-12-19-27-61)91-84(93-85)62-28-20-13-21-29-62)64-50-80-82-81(51-64)95(69-41-33-60(34-42-69)58-24-16-11-17-25-58)79-54-67(88(7,8)9)38-45-74(79)89(82)73-44-37-66(87(4,5)6)53-78(73)94(80)68-39-31-59(32-40-68)57-22-14-10-15-23-57/h10-54H,1-9H3. The van der Waals surface area contributed by atoms with Gasteiger partial charge in [0.1, 0.15) is 0 Å². The number of nitriles is 1. The van der Waals surface area contributed by atoms with E-state index in [1.165, 1.54) is 66.7 Å². The first-order chi connectivity index (χ1) is 46.4. The first-order valence-corrected chi connectivity index (χ1v) is 33.3. The Labute approximate surface area is 563 Å². The van der Waals surface area contributed by atoms with E-state index < -0.39 is 0 Å². The number of hydrogen-bond donors (Lipinski definition) is 0. The molecule has 4 heterocycles. The number of rotatable bonds is 9. The van der Waals surface area contributed by atoms with Crippen LogP contribution in [0.3, 0.4) is 0 Å². The molecule has 462 valence electrons. The fourth-order valence-electron chi connectivity index (χ4n) is 14.3. The molecular weight excluding hydrogens is 1170 g/mol. The van der Waals surface area contributed by atoms with E-state index in [9.17, 15) is 5.26 Å². The number of nitrogens with zero attached hydrogens (tertiary/aromatic N) is 7. The highest BCUT2D eigenvalue weighted by Crippen LogP contribution is 2.49. The average Bonchev–Trinajstić information content (AvgIpc) is 0.847.